The third-order valence-corrected chi connectivity index (χ3v) is 1.70. The minimum absolute atomic E-state index is 0.602. The number of nitrogens with zero attached hydrogens (tertiary/aromatic N) is 1. The Morgan fingerprint density at radius 1 is 1.36 bits per heavy atom. The van der Waals surface area contributed by atoms with E-state index in [0.717, 1.165) is 0 Å². The molecular weight excluding hydrogens is 170 g/mol. The van der Waals surface area contributed by atoms with Crippen LogP contribution < -0.4 is 0 Å². The van der Waals surface area contributed by atoms with E-state index in [2.05, 4.69) is 37.9 Å². The monoisotopic (exact) mass is 191 g/mol. The first-order valence-electron chi connectivity index (χ1n) is 5.29. The molecule has 1 aromatic rings. The maximum Gasteiger partial charge on any atom is 0.0342 e. The minimum Gasteiger partial charge on any atom is -0.264 e. The van der Waals surface area contributed by atoms with Crippen molar-refractivity contribution in [1.82, 2.24) is 4.98 Å². The quantitative estimate of drug-likeness (QED) is 0.683. The van der Waals surface area contributed by atoms with Crippen LogP contribution in [0.1, 0.15) is 40.2 Å². The fourth-order valence-electron chi connectivity index (χ4n) is 1.19. The van der Waals surface area contributed by atoms with Gasteiger partial charge in [-0.2, -0.15) is 0 Å². The highest BCUT2D eigenvalue weighted by molar-refractivity contribution is 5.62. The third kappa shape index (κ3) is 4.80. The van der Waals surface area contributed by atoms with Crippen LogP contribution in [-0.4, -0.2) is 4.98 Å². The molecule has 78 valence electrons. The van der Waals surface area contributed by atoms with Crippen LogP contribution in [0.5, 0.6) is 0 Å². The largest absolute Gasteiger partial charge is 0.264 e. The molecule has 0 bridgehead atoms. The maximum atomic E-state index is 4.07. The van der Waals surface area contributed by atoms with E-state index in [1.807, 2.05) is 26.1 Å². The maximum absolute atomic E-state index is 4.07. The van der Waals surface area contributed by atoms with Gasteiger partial charge in [-0.05, 0) is 30.0 Å². The molecule has 1 rings (SSSR count). The van der Waals surface area contributed by atoms with Crippen molar-refractivity contribution in [2.75, 3.05) is 0 Å². The smallest absolute Gasteiger partial charge is 0.0342 e. The van der Waals surface area contributed by atoms with E-state index in [1.54, 1.807) is 6.20 Å². The van der Waals surface area contributed by atoms with Gasteiger partial charge in [0.15, 0.2) is 0 Å². The average molecular weight is 191 g/mol. The topological polar surface area (TPSA) is 12.9 Å². The Hall–Kier alpha value is -1.11. The summed E-state index contributed by atoms with van der Waals surface area (Å²) < 4.78 is 0. The number of hydrogen-bond acceptors (Lipinski definition) is 1. The van der Waals surface area contributed by atoms with Gasteiger partial charge >= 0.3 is 0 Å². The second kappa shape index (κ2) is 7.31. The number of aromatic nitrogens is 1. The summed E-state index contributed by atoms with van der Waals surface area (Å²) in [5.74, 6) is 0.602. The first-order chi connectivity index (χ1) is 6.70. The van der Waals surface area contributed by atoms with E-state index in [0.29, 0.717) is 5.92 Å². The van der Waals surface area contributed by atoms with Crippen LogP contribution in [0.15, 0.2) is 30.6 Å². The molecule has 0 atom stereocenters. The molecule has 1 heterocycles. The lowest BCUT2D eigenvalue weighted by molar-refractivity contribution is 0.833. The van der Waals surface area contributed by atoms with Crippen molar-refractivity contribution in [1.29, 1.82) is 0 Å². The molecule has 1 heteroatoms. The summed E-state index contributed by atoms with van der Waals surface area (Å²) in [6.45, 7) is 10.5. The van der Waals surface area contributed by atoms with Gasteiger partial charge in [-0.3, -0.25) is 4.98 Å². The predicted molar refractivity (Wildman–Crippen MR) is 64.1 cm³/mol. The molecule has 0 saturated carbocycles. The van der Waals surface area contributed by atoms with Gasteiger partial charge in [0.1, 0.15) is 0 Å². The highest BCUT2D eigenvalue weighted by atomic mass is 14.6. The Morgan fingerprint density at radius 2 is 2.00 bits per heavy atom. The summed E-state index contributed by atoms with van der Waals surface area (Å²) in [6, 6.07) is 4.05. The van der Waals surface area contributed by atoms with Gasteiger partial charge in [0.2, 0.25) is 0 Å². The van der Waals surface area contributed by atoms with E-state index in [4.69, 9.17) is 0 Å². The first-order valence-corrected chi connectivity index (χ1v) is 5.29. The van der Waals surface area contributed by atoms with Gasteiger partial charge in [-0.1, -0.05) is 39.8 Å². The minimum atomic E-state index is 0.602. The van der Waals surface area contributed by atoms with Crippen molar-refractivity contribution in [3.63, 3.8) is 0 Å². The van der Waals surface area contributed by atoms with Crippen molar-refractivity contribution in [3.05, 3.63) is 36.2 Å². The van der Waals surface area contributed by atoms with Crippen molar-refractivity contribution in [2.24, 2.45) is 5.92 Å². The molecular formula is C13H21N. The molecule has 0 aliphatic rings. The molecule has 0 aliphatic heterocycles. The van der Waals surface area contributed by atoms with Gasteiger partial charge in [-0.15, -0.1) is 0 Å². The van der Waals surface area contributed by atoms with Gasteiger partial charge in [0.25, 0.3) is 0 Å². The normalized spacial score (nSPS) is 10.9. The molecule has 0 fully saturated rings. The lowest BCUT2D eigenvalue weighted by Gasteiger charge is -2.02. The van der Waals surface area contributed by atoms with Gasteiger partial charge in [0.05, 0.1) is 0 Å². The van der Waals surface area contributed by atoms with Crippen molar-refractivity contribution >= 4 is 5.57 Å². The standard InChI is InChI=1S/C11H15N.C2H6/c1-9(2)7-10(3)11-5-4-6-12-8-11;1-2/h4-9H,1-3H3;1-2H3/b10-7+;. The van der Waals surface area contributed by atoms with Gasteiger partial charge in [0, 0.05) is 12.4 Å². The predicted octanol–water partition coefficient (Wildman–Crippen LogP) is 4.17. The zero-order chi connectivity index (χ0) is 11.0. The number of hydrogen-bond donors (Lipinski definition) is 0. The van der Waals surface area contributed by atoms with E-state index in [-0.39, 0.29) is 0 Å². The Bertz CT molecular complexity index is 260. The SMILES string of the molecule is C/C(=C\C(C)C)c1cccnc1.CC. The highest BCUT2D eigenvalue weighted by Gasteiger charge is 1.94. The van der Waals surface area contributed by atoms with E-state index in [9.17, 15) is 0 Å². The van der Waals surface area contributed by atoms with Crippen molar-refractivity contribution in [2.45, 2.75) is 34.6 Å². The van der Waals surface area contributed by atoms with Crippen LogP contribution in [-0.2, 0) is 0 Å². The van der Waals surface area contributed by atoms with Crippen LogP contribution in [0.25, 0.3) is 5.57 Å². The molecule has 0 unspecified atom stereocenters. The molecule has 0 aliphatic carbocycles. The van der Waals surface area contributed by atoms with E-state index >= 15 is 0 Å². The molecule has 0 spiro atoms. The number of rotatable bonds is 2. The summed E-state index contributed by atoms with van der Waals surface area (Å²) in [6.07, 6.45) is 5.94. The fourth-order valence-corrected chi connectivity index (χ4v) is 1.19. The molecule has 1 aromatic heterocycles. The van der Waals surface area contributed by atoms with Gasteiger partial charge in [-0.25, -0.2) is 0 Å². The Morgan fingerprint density at radius 3 is 2.43 bits per heavy atom. The average Bonchev–Trinajstić information content (AvgIpc) is 2.21. The summed E-state index contributed by atoms with van der Waals surface area (Å²) in [5.41, 5.74) is 2.52. The molecule has 0 saturated heterocycles. The Labute approximate surface area is 87.9 Å². The van der Waals surface area contributed by atoms with Crippen LogP contribution in [0.2, 0.25) is 0 Å². The molecule has 0 N–H and O–H groups in total. The number of allylic oxidation sites excluding steroid dienone is 2. The van der Waals surface area contributed by atoms with Crippen LogP contribution in [0.3, 0.4) is 0 Å². The molecule has 0 radical (unpaired) electrons. The highest BCUT2D eigenvalue weighted by Crippen LogP contribution is 2.13. The zero-order valence-corrected chi connectivity index (χ0v) is 9.91. The number of pyridine rings is 1. The fraction of sp³-hybridized carbons (Fsp3) is 0.462. The Kier molecular flexibility index (Phi) is 6.73. The van der Waals surface area contributed by atoms with Crippen molar-refractivity contribution in [3.8, 4) is 0 Å². The van der Waals surface area contributed by atoms with Crippen LogP contribution in [0.4, 0.5) is 0 Å². The van der Waals surface area contributed by atoms with E-state index in [1.165, 1.54) is 11.1 Å². The first kappa shape index (κ1) is 12.9. The molecule has 14 heavy (non-hydrogen) atoms. The summed E-state index contributed by atoms with van der Waals surface area (Å²) in [7, 11) is 0. The van der Waals surface area contributed by atoms with Gasteiger partial charge < -0.3 is 0 Å². The molecule has 0 amide bonds. The molecule has 0 aromatic carbocycles. The molecule has 1 nitrogen and oxygen atoms in total. The summed E-state index contributed by atoms with van der Waals surface area (Å²) in [5, 5.41) is 0. The summed E-state index contributed by atoms with van der Waals surface area (Å²) >= 11 is 0. The zero-order valence-electron chi connectivity index (χ0n) is 9.91. The second-order valence-electron chi connectivity index (χ2n) is 3.34. The second-order valence-corrected chi connectivity index (χ2v) is 3.34. The lowest BCUT2D eigenvalue weighted by Crippen LogP contribution is -1.84. The van der Waals surface area contributed by atoms with Crippen LogP contribution in [0, 0.1) is 5.92 Å². The van der Waals surface area contributed by atoms with Crippen molar-refractivity contribution < 1.29 is 0 Å². The third-order valence-electron chi connectivity index (χ3n) is 1.70. The Balaban J connectivity index is 0.000000791. The lowest BCUT2D eigenvalue weighted by atomic mass is 10.1. The van der Waals surface area contributed by atoms with Crippen LogP contribution >= 0.6 is 0 Å². The summed E-state index contributed by atoms with van der Waals surface area (Å²) in [4.78, 5) is 4.07. The van der Waals surface area contributed by atoms with E-state index < -0.39 is 0 Å².